The second-order valence-electron chi connectivity index (χ2n) is 8.67. The van der Waals surface area contributed by atoms with Crippen LogP contribution in [0.1, 0.15) is 45.2 Å². The van der Waals surface area contributed by atoms with Gasteiger partial charge in [0.2, 0.25) is 5.78 Å². The maximum atomic E-state index is 12.1. The van der Waals surface area contributed by atoms with E-state index in [1.54, 1.807) is 19.1 Å². The molecule has 0 aliphatic rings. The van der Waals surface area contributed by atoms with Gasteiger partial charge in [-0.2, -0.15) is 13.2 Å². The van der Waals surface area contributed by atoms with Crippen molar-refractivity contribution in [2.24, 2.45) is 0 Å². The lowest BCUT2D eigenvalue weighted by Gasteiger charge is -2.07. The first-order valence-corrected chi connectivity index (χ1v) is 12.3. The lowest BCUT2D eigenvalue weighted by atomic mass is 10.1. The van der Waals surface area contributed by atoms with Crippen molar-refractivity contribution in [3.05, 3.63) is 131 Å². The Labute approximate surface area is 230 Å². The number of hydrogen-bond acceptors (Lipinski definition) is 5. The van der Waals surface area contributed by atoms with Crippen LogP contribution in [0, 0.1) is 0 Å². The number of alkyl halides is 3. The molecule has 0 amide bonds. The lowest BCUT2D eigenvalue weighted by Crippen LogP contribution is -2.25. The first-order valence-electron chi connectivity index (χ1n) is 12.3. The largest absolute Gasteiger partial charge is 0.489 e. The van der Waals surface area contributed by atoms with E-state index in [-0.39, 0.29) is 11.3 Å². The summed E-state index contributed by atoms with van der Waals surface area (Å²) < 4.78 is 47.5. The predicted octanol–water partition coefficient (Wildman–Crippen LogP) is 7.44. The van der Waals surface area contributed by atoms with Gasteiger partial charge in [-0.3, -0.25) is 14.4 Å². The molecular weight excluding hydrogens is 521 g/mol. The number of carbonyl (C=O) groups is 3. The van der Waals surface area contributed by atoms with Crippen LogP contribution in [0.5, 0.6) is 11.5 Å². The van der Waals surface area contributed by atoms with Crippen LogP contribution in [0.25, 0.3) is 0 Å². The van der Waals surface area contributed by atoms with Gasteiger partial charge in [0.1, 0.15) is 24.7 Å². The van der Waals surface area contributed by atoms with Crippen molar-refractivity contribution < 1.29 is 37.0 Å². The summed E-state index contributed by atoms with van der Waals surface area (Å²) in [5.41, 5.74) is 2.83. The number of rotatable bonds is 10. The smallest absolute Gasteiger partial charge is 0.450 e. The standard InChI is InChI=1S/C17H13F3O3.C15H14O2/c18-17(19,20)16(22)10-15(21)13-6-8-14(9-7-13)23-11-12-4-2-1-3-5-12;1-12(16)14-7-9-15(10-8-14)17-11-13-5-3-2-4-6-13/h1-9H,10-11H2;2-10H,11H2,1H3. The number of carbonyl (C=O) groups excluding carboxylic acids is 3. The molecule has 0 saturated heterocycles. The minimum atomic E-state index is -4.99. The molecular formula is C32H27F3O5. The molecule has 4 aromatic carbocycles. The van der Waals surface area contributed by atoms with E-state index in [9.17, 15) is 27.6 Å². The molecule has 0 unspecified atom stereocenters. The Morgan fingerprint density at radius 1 is 0.600 bits per heavy atom. The van der Waals surface area contributed by atoms with Gasteiger partial charge >= 0.3 is 6.18 Å². The minimum absolute atomic E-state index is 0.0367. The Morgan fingerprint density at radius 2 is 1.00 bits per heavy atom. The highest BCUT2D eigenvalue weighted by molar-refractivity contribution is 6.09. The van der Waals surface area contributed by atoms with Gasteiger partial charge in [0.05, 0.1) is 6.42 Å². The zero-order valence-electron chi connectivity index (χ0n) is 21.7. The summed E-state index contributed by atoms with van der Waals surface area (Å²) in [5.74, 6) is -1.60. The van der Waals surface area contributed by atoms with Crippen LogP contribution in [0.4, 0.5) is 13.2 Å². The van der Waals surface area contributed by atoms with Crippen molar-refractivity contribution in [1.82, 2.24) is 0 Å². The van der Waals surface area contributed by atoms with Crippen molar-refractivity contribution >= 4 is 17.3 Å². The lowest BCUT2D eigenvalue weighted by molar-refractivity contribution is -0.170. The molecule has 0 atom stereocenters. The van der Waals surface area contributed by atoms with Crippen molar-refractivity contribution in [2.45, 2.75) is 32.7 Å². The van der Waals surface area contributed by atoms with E-state index < -0.39 is 24.2 Å². The fraction of sp³-hybridized carbons (Fsp3) is 0.156. The molecule has 5 nitrogen and oxygen atoms in total. The third-order valence-electron chi connectivity index (χ3n) is 5.57. The molecule has 0 bridgehead atoms. The van der Waals surface area contributed by atoms with E-state index in [0.717, 1.165) is 16.9 Å². The first kappa shape index (κ1) is 29.8. The zero-order valence-corrected chi connectivity index (χ0v) is 21.7. The molecule has 0 spiro atoms. The average Bonchev–Trinajstić information content (AvgIpc) is 2.96. The van der Waals surface area contributed by atoms with Gasteiger partial charge in [0, 0.05) is 11.1 Å². The van der Waals surface area contributed by atoms with E-state index in [1.807, 2.05) is 72.8 Å². The second kappa shape index (κ2) is 14.4. The number of ether oxygens (including phenoxy) is 2. The number of hydrogen-bond donors (Lipinski definition) is 0. The second-order valence-corrected chi connectivity index (χ2v) is 8.67. The maximum absolute atomic E-state index is 12.1. The van der Waals surface area contributed by atoms with E-state index in [2.05, 4.69) is 0 Å². The minimum Gasteiger partial charge on any atom is -0.489 e. The molecule has 0 aromatic heterocycles. The molecule has 0 saturated carbocycles. The fourth-order valence-corrected chi connectivity index (χ4v) is 3.35. The van der Waals surface area contributed by atoms with Gasteiger partial charge in [-0.25, -0.2) is 0 Å². The normalized spacial score (nSPS) is 10.6. The van der Waals surface area contributed by atoms with E-state index in [4.69, 9.17) is 9.47 Å². The van der Waals surface area contributed by atoms with Crippen molar-refractivity contribution in [3.63, 3.8) is 0 Å². The predicted molar refractivity (Wildman–Crippen MR) is 144 cm³/mol. The summed E-state index contributed by atoms with van der Waals surface area (Å²) in [4.78, 5) is 33.5. The van der Waals surface area contributed by atoms with E-state index in [0.29, 0.717) is 24.5 Å². The third kappa shape index (κ3) is 9.87. The van der Waals surface area contributed by atoms with Crippen LogP contribution >= 0.6 is 0 Å². The number of Topliss-reactive ketones (excluding diaryl/α,β-unsaturated/α-hetero) is 3. The highest BCUT2D eigenvalue weighted by Gasteiger charge is 2.39. The number of halogens is 3. The van der Waals surface area contributed by atoms with Crippen LogP contribution in [-0.4, -0.2) is 23.5 Å². The molecule has 0 radical (unpaired) electrons. The first-order chi connectivity index (χ1) is 19.1. The topological polar surface area (TPSA) is 69.7 Å². The summed E-state index contributed by atoms with van der Waals surface area (Å²) in [5, 5.41) is 0. The Bertz CT molecular complexity index is 1380. The summed E-state index contributed by atoms with van der Waals surface area (Å²) in [7, 11) is 0. The zero-order chi connectivity index (χ0) is 29.0. The fourth-order valence-electron chi connectivity index (χ4n) is 3.35. The van der Waals surface area contributed by atoms with Gasteiger partial charge in [-0.05, 0) is 66.6 Å². The SMILES string of the molecule is CC(=O)c1ccc(OCc2ccccc2)cc1.O=C(CC(=O)C(F)(F)F)c1ccc(OCc2ccccc2)cc1. The van der Waals surface area contributed by atoms with Crippen molar-refractivity contribution in [3.8, 4) is 11.5 Å². The molecule has 40 heavy (non-hydrogen) atoms. The van der Waals surface area contributed by atoms with E-state index >= 15 is 0 Å². The van der Waals surface area contributed by atoms with Crippen LogP contribution in [0.15, 0.2) is 109 Å². The Balaban J connectivity index is 0.000000230. The molecule has 8 heteroatoms. The van der Waals surface area contributed by atoms with Crippen LogP contribution in [0.3, 0.4) is 0 Å². The van der Waals surface area contributed by atoms with Crippen molar-refractivity contribution in [1.29, 1.82) is 0 Å². The number of ketones is 3. The van der Waals surface area contributed by atoms with Crippen LogP contribution in [0.2, 0.25) is 0 Å². The summed E-state index contributed by atoms with van der Waals surface area (Å²) in [6, 6.07) is 32.2. The Kier molecular flexibility index (Phi) is 10.8. The Morgan fingerprint density at radius 3 is 1.38 bits per heavy atom. The monoisotopic (exact) mass is 548 g/mol. The molecule has 0 fully saturated rings. The summed E-state index contributed by atoms with van der Waals surface area (Å²) in [6.45, 7) is 2.43. The molecule has 0 heterocycles. The molecule has 0 aliphatic heterocycles. The number of benzene rings is 4. The van der Waals surface area contributed by atoms with E-state index in [1.165, 1.54) is 24.3 Å². The quantitative estimate of drug-likeness (QED) is 0.152. The molecule has 0 aliphatic carbocycles. The Hall–Kier alpha value is -4.72. The van der Waals surface area contributed by atoms with Crippen LogP contribution in [-0.2, 0) is 18.0 Å². The summed E-state index contributed by atoms with van der Waals surface area (Å²) in [6.07, 6.45) is -6.18. The highest BCUT2D eigenvalue weighted by Crippen LogP contribution is 2.21. The molecule has 4 aromatic rings. The third-order valence-corrected chi connectivity index (χ3v) is 5.57. The van der Waals surface area contributed by atoms with Crippen molar-refractivity contribution in [2.75, 3.05) is 0 Å². The molecule has 206 valence electrons. The average molecular weight is 549 g/mol. The molecule has 0 N–H and O–H groups in total. The summed E-state index contributed by atoms with van der Waals surface area (Å²) >= 11 is 0. The van der Waals surface area contributed by atoms with Gasteiger partial charge in [-0.15, -0.1) is 0 Å². The highest BCUT2D eigenvalue weighted by atomic mass is 19.4. The maximum Gasteiger partial charge on any atom is 0.450 e. The van der Waals surface area contributed by atoms with Crippen LogP contribution < -0.4 is 9.47 Å². The van der Waals surface area contributed by atoms with Gasteiger partial charge in [0.15, 0.2) is 11.6 Å². The van der Waals surface area contributed by atoms with Gasteiger partial charge < -0.3 is 9.47 Å². The molecule has 4 rings (SSSR count). The van der Waals surface area contributed by atoms with Gasteiger partial charge in [0.25, 0.3) is 0 Å². The van der Waals surface area contributed by atoms with Gasteiger partial charge in [-0.1, -0.05) is 60.7 Å².